The monoisotopic (exact) mass is 327 g/mol. The van der Waals surface area contributed by atoms with E-state index in [-0.39, 0.29) is 11.9 Å². The van der Waals surface area contributed by atoms with Gasteiger partial charge in [0.2, 0.25) is 5.91 Å². The number of carbonyl (C=O) groups is 1. The average molecular weight is 328 g/mol. The Morgan fingerprint density at radius 2 is 2.33 bits per heavy atom. The van der Waals surface area contributed by atoms with E-state index >= 15 is 0 Å². The standard InChI is InChI=1S/C15H25N3OS2/c1-5-13-17-10(2)15(21-13)11(3)18(4)14(19)8-12-9-20-7-6-16-12/h11-12,16H,5-9H2,1-4H3. The Balaban J connectivity index is 1.98. The Hall–Kier alpha value is -0.590. The number of hydrogen-bond donors (Lipinski definition) is 1. The van der Waals surface area contributed by atoms with Crippen molar-refractivity contribution in [2.45, 2.75) is 45.7 Å². The van der Waals surface area contributed by atoms with E-state index in [9.17, 15) is 4.79 Å². The van der Waals surface area contributed by atoms with E-state index in [2.05, 4.69) is 24.1 Å². The van der Waals surface area contributed by atoms with Crippen molar-refractivity contribution in [3.05, 3.63) is 15.6 Å². The van der Waals surface area contributed by atoms with Crippen LogP contribution in [0, 0.1) is 6.92 Å². The molecule has 0 aliphatic carbocycles. The minimum atomic E-state index is 0.103. The van der Waals surface area contributed by atoms with Crippen molar-refractivity contribution in [2.24, 2.45) is 0 Å². The molecule has 2 heterocycles. The fourth-order valence-corrected chi connectivity index (χ4v) is 4.55. The maximum Gasteiger partial charge on any atom is 0.224 e. The molecular formula is C15H25N3OS2. The van der Waals surface area contributed by atoms with Gasteiger partial charge in [-0.2, -0.15) is 11.8 Å². The summed E-state index contributed by atoms with van der Waals surface area (Å²) in [5, 5.41) is 4.58. The minimum absolute atomic E-state index is 0.103. The zero-order valence-corrected chi connectivity index (χ0v) is 14.9. The van der Waals surface area contributed by atoms with Crippen molar-refractivity contribution in [1.29, 1.82) is 0 Å². The quantitative estimate of drug-likeness (QED) is 0.903. The van der Waals surface area contributed by atoms with E-state index < -0.39 is 0 Å². The number of rotatable bonds is 5. The Morgan fingerprint density at radius 1 is 1.57 bits per heavy atom. The van der Waals surface area contributed by atoms with Gasteiger partial charge in [-0.25, -0.2) is 4.98 Å². The van der Waals surface area contributed by atoms with Crippen LogP contribution in [0.5, 0.6) is 0 Å². The summed E-state index contributed by atoms with van der Waals surface area (Å²) in [6, 6.07) is 0.422. The smallest absolute Gasteiger partial charge is 0.224 e. The zero-order valence-electron chi connectivity index (χ0n) is 13.3. The molecule has 0 aromatic carbocycles. The van der Waals surface area contributed by atoms with Gasteiger partial charge < -0.3 is 10.2 Å². The number of nitrogens with zero attached hydrogens (tertiary/aromatic N) is 2. The summed E-state index contributed by atoms with van der Waals surface area (Å²) >= 11 is 3.66. The van der Waals surface area contributed by atoms with Crippen molar-refractivity contribution in [2.75, 3.05) is 25.1 Å². The minimum Gasteiger partial charge on any atom is -0.338 e. The van der Waals surface area contributed by atoms with Crippen molar-refractivity contribution >= 4 is 29.0 Å². The summed E-state index contributed by atoms with van der Waals surface area (Å²) in [6.07, 6.45) is 1.55. The highest BCUT2D eigenvalue weighted by atomic mass is 32.2. The molecule has 118 valence electrons. The van der Waals surface area contributed by atoms with E-state index in [1.54, 1.807) is 11.3 Å². The van der Waals surface area contributed by atoms with Crippen molar-refractivity contribution in [3.63, 3.8) is 0 Å². The van der Waals surface area contributed by atoms with E-state index in [1.165, 1.54) is 4.88 Å². The molecule has 21 heavy (non-hydrogen) atoms. The summed E-state index contributed by atoms with van der Waals surface area (Å²) in [6.45, 7) is 7.27. The van der Waals surface area contributed by atoms with E-state index in [0.717, 1.165) is 35.2 Å². The fourth-order valence-electron chi connectivity index (χ4n) is 2.50. The van der Waals surface area contributed by atoms with E-state index in [1.807, 2.05) is 30.6 Å². The maximum absolute atomic E-state index is 12.5. The molecule has 1 aromatic rings. The van der Waals surface area contributed by atoms with Gasteiger partial charge in [-0.1, -0.05) is 6.92 Å². The summed E-state index contributed by atoms with van der Waals surface area (Å²) in [7, 11) is 1.91. The molecule has 1 aliphatic rings. The van der Waals surface area contributed by atoms with Gasteiger partial charge in [0.25, 0.3) is 0 Å². The third kappa shape index (κ3) is 4.20. The lowest BCUT2D eigenvalue weighted by Crippen LogP contribution is -2.42. The van der Waals surface area contributed by atoms with E-state index in [4.69, 9.17) is 0 Å². The molecule has 2 rings (SSSR count). The van der Waals surface area contributed by atoms with Gasteiger partial charge in [0, 0.05) is 42.4 Å². The van der Waals surface area contributed by atoms with E-state index in [0.29, 0.717) is 12.5 Å². The highest BCUT2D eigenvalue weighted by Crippen LogP contribution is 2.29. The normalized spacial score (nSPS) is 20.3. The molecule has 0 saturated carbocycles. The molecule has 0 bridgehead atoms. The largest absolute Gasteiger partial charge is 0.338 e. The second-order valence-electron chi connectivity index (χ2n) is 5.52. The van der Waals surface area contributed by atoms with Gasteiger partial charge in [-0.15, -0.1) is 11.3 Å². The predicted molar refractivity (Wildman–Crippen MR) is 91.1 cm³/mol. The molecule has 1 aliphatic heterocycles. The molecular weight excluding hydrogens is 302 g/mol. The van der Waals surface area contributed by atoms with Crippen LogP contribution in [0.25, 0.3) is 0 Å². The van der Waals surface area contributed by atoms with Crippen molar-refractivity contribution in [1.82, 2.24) is 15.2 Å². The first-order valence-corrected chi connectivity index (χ1v) is 9.53. The molecule has 2 atom stereocenters. The van der Waals surface area contributed by atoms with Crippen LogP contribution in [0.3, 0.4) is 0 Å². The highest BCUT2D eigenvalue weighted by Gasteiger charge is 2.24. The summed E-state index contributed by atoms with van der Waals surface area (Å²) in [5.41, 5.74) is 1.07. The van der Waals surface area contributed by atoms with Crippen LogP contribution in [0.2, 0.25) is 0 Å². The number of thiazole rings is 1. The van der Waals surface area contributed by atoms with Crippen LogP contribution >= 0.6 is 23.1 Å². The van der Waals surface area contributed by atoms with Gasteiger partial charge in [0.1, 0.15) is 0 Å². The lowest BCUT2D eigenvalue weighted by atomic mass is 10.1. The van der Waals surface area contributed by atoms with Crippen LogP contribution in [-0.4, -0.2) is 46.9 Å². The molecule has 6 heteroatoms. The molecule has 1 N–H and O–H groups in total. The maximum atomic E-state index is 12.5. The third-order valence-electron chi connectivity index (χ3n) is 3.95. The molecule has 1 saturated heterocycles. The van der Waals surface area contributed by atoms with Gasteiger partial charge in [-0.3, -0.25) is 4.79 Å². The Kier molecular flexibility index (Phi) is 6.08. The summed E-state index contributed by atoms with van der Waals surface area (Å²) in [5.74, 6) is 2.40. The molecule has 0 spiro atoms. The van der Waals surface area contributed by atoms with Crippen LogP contribution in [0.1, 0.15) is 41.9 Å². The lowest BCUT2D eigenvalue weighted by Gasteiger charge is -2.28. The Labute approximate surface area is 135 Å². The average Bonchev–Trinajstić information content (AvgIpc) is 2.88. The number of thioether (sulfide) groups is 1. The number of hydrogen-bond acceptors (Lipinski definition) is 5. The third-order valence-corrected chi connectivity index (χ3v) is 6.56. The molecule has 1 amide bonds. The molecule has 1 aromatic heterocycles. The topological polar surface area (TPSA) is 45.2 Å². The van der Waals surface area contributed by atoms with Crippen LogP contribution < -0.4 is 5.32 Å². The van der Waals surface area contributed by atoms with Gasteiger partial charge >= 0.3 is 0 Å². The van der Waals surface area contributed by atoms with Crippen molar-refractivity contribution < 1.29 is 4.79 Å². The molecule has 1 fully saturated rings. The first-order chi connectivity index (χ1) is 10.0. The van der Waals surface area contributed by atoms with Gasteiger partial charge in [0.15, 0.2) is 0 Å². The van der Waals surface area contributed by atoms with Gasteiger partial charge in [-0.05, 0) is 20.3 Å². The lowest BCUT2D eigenvalue weighted by molar-refractivity contribution is -0.132. The highest BCUT2D eigenvalue weighted by molar-refractivity contribution is 7.99. The van der Waals surface area contributed by atoms with Gasteiger partial charge in [0.05, 0.1) is 16.7 Å². The second-order valence-corrected chi connectivity index (χ2v) is 7.79. The molecule has 4 nitrogen and oxygen atoms in total. The molecule has 0 radical (unpaired) electrons. The number of carbonyl (C=O) groups excluding carboxylic acids is 1. The fraction of sp³-hybridized carbons (Fsp3) is 0.733. The zero-order chi connectivity index (χ0) is 15.4. The van der Waals surface area contributed by atoms with Crippen LogP contribution in [-0.2, 0) is 11.2 Å². The number of nitrogens with one attached hydrogen (secondary N) is 1. The number of amides is 1. The van der Waals surface area contributed by atoms with Crippen LogP contribution in [0.4, 0.5) is 0 Å². The molecule has 2 unspecified atom stereocenters. The Bertz CT molecular complexity index is 483. The predicted octanol–water partition coefficient (Wildman–Crippen LogP) is 2.63. The first-order valence-electron chi connectivity index (χ1n) is 7.55. The second kappa shape index (κ2) is 7.61. The first kappa shape index (κ1) is 16.8. The number of aryl methyl sites for hydroxylation is 2. The summed E-state index contributed by atoms with van der Waals surface area (Å²) in [4.78, 5) is 20.1. The van der Waals surface area contributed by atoms with Crippen LogP contribution in [0.15, 0.2) is 0 Å². The Morgan fingerprint density at radius 3 is 2.90 bits per heavy atom. The number of aromatic nitrogens is 1. The van der Waals surface area contributed by atoms with Crippen molar-refractivity contribution in [3.8, 4) is 0 Å². The summed E-state index contributed by atoms with van der Waals surface area (Å²) < 4.78 is 0. The SMILES string of the molecule is CCc1nc(C)c(C(C)N(C)C(=O)CC2CSCCN2)s1.